The summed E-state index contributed by atoms with van der Waals surface area (Å²) in [6, 6.07) is 7.98. The van der Waals surface area contributed by atoms with Crippen LogP contribution in [0.1, 0.15) is 43.9 Å². The van der Waals surface area contributed by atoms with Gasteiger partial charge in [0.2, 0.25) is 0 Å². The van der Waals surface area contributed by atoms with Crippen molar-refractivity contribution < 1.29 is 9.13 Å². The van der Waals surface area contributed by atoms with Crippen molar-refractivity contribution in [1.82, 2.24) is 20.4 Å². The molecule has 1 heterocycles. The highest BCUT2D eigenvalue weighted by molar-refractivity contribution is 14.0. The number of nitrogen functional groups attached to an aromatic ring is 1. The normalized spacial score (nSPS) is 13.3. The van der Waals surface area contributed by atoms with Crippen LogP contribution >= 0.6 is 24.0 Å². The van der Waals surface area contributed by atoms with Crippen molar-refractivity contribution in [3.8, 4) is 11.8 Å². The minimum atomic E-state index is -0.339. The van der Waals surface area contributed by atoms with E-state index >= 15 is 0 Å². The molecule has 4 N–H and O–H groups in total. The van der Waals surface area contributed by atoms with Gasteiger partial charge in [-0.3, -0.25) is 4.99 Å². The molecule has 0 radical (unpaired) electrons. The Morgan fingerprint density at radius 1 is 1.30 bits per heavy atom. The lowest BCUT2D eigenvalue weighted by atomic mass is 10.1. The number of hydrogen-bond acceptors (Lipinski definition) is 5. The SMILES string of the molecule is CCNC(=NCCCc1nn(-c2ccc(F)cc2)c(N)c1C#N)NCCCOCC1CC1.I. The van der Waals surface area contributed by atoms with E-state index in [-0.39, 0.29) is 35.6 Å². The van der Waals surface area contributed by atoms with Gasteiger partial charge in [0.15, 0.2) is 5.96 Å². The van der Waals surface area contributed by atoms with Gasteiger partial charge in [0, 0.05) is 32.8 Å². The molecule has 10 heteroatoms. The largest absolute Gasteiger partial charge is 0.382 e. The summed E-state index contributed by atoms with van der Waals surface area (Å²) in [5.41, 5.74) is 7.70. The molecule has 1 aliphatic carbocycles. The third kappa shape index (κ3) is 8.47. The van der Waals surface area contributed by atoms with E-state index in [4.69, 9.17) is 10.5 Å². The smallest absolute Gasteiger partial charge is 0.191 e. The van der Waals surface area contributed by atoms with E-state index < -0.39 is 0 Å². The van der Waals surface area contributed by atoms with Gasteiger partial charge in [0.1, 0.15) is 23.3 Å². The maximum atomic E-state index is 13.2. The highest BCUT2D eigenvalue weighted by Gasteiger charge is 2.20. The predicted octanol–water partition coefficient (Wildman–Crippen LogP) is 3.39. The molecule has 0 spiro atoms. The summed E-state index contributed by atoms with van der Waals surface area (Å²) in [7, 11) is 0. The highest BCUT2D eigenvalue weighted by Crippen LogP contribution is 2.28. The monoisotopic (exact) mass is 569 g/mol. The lowest BCUT2D eigenvalue weighted by Gasteiger charge is -2.11. The molecule has 0 amide bonds. The Morgan fingerprint density at radius 3 is 2.73 bits per heavy atom. The van der Waals surface area contributed by atoms with Crippen LogP contribution in [0.5, 0.6) is 0 Å². The van der Waals surface area contributed by atoms with Crippen molar-refractivity contribution in [1.29, 1.82) is 5.26 Å². The fourth-order valence-corrected chi connectivity index (χ4v) is 3.25. The lowest BCUT2D eigenvalue weighted by Crippen LogP contribution is -2.38. The van der Waals surface area contributed by atoms with Gasteiger partial charge < -0.3 is 21.1 Å². The first-order valence-electron chi connectivity index (χ1n) is 11.3. The van der Waals surface area contributed by atoms with Gasteiger partial charge in [0.25, 0.3) is 0 Å². The molecule has 1 aliphatic rings. The van der Waals surface area contributed by atoms with E-state index in [2.05, 4.69) is 26.8 Å². The number of nitrogens with two attached hydrogens (primary N) is 1. The molecule has 8 nitrogen and oxygen atoms in total. The summed E-state index contributed by atoms with van der Waals surface area (Å²) in [5.74, 6) is 1.48. The number of aromatic nitrogens is 2. The van der Waals surface area contributed by atoms with Crippen LogP contribution in [-0.4, -0.2) is 48.6 Å². The molecule has 0 bridgehead atoms. The number of nitrogens with one attached hydrogen (secondary N) is 2. The number of nitrogens with zero attached hydrogens (tertiary/aromatic N) is 4. The van der Waals surface area contributed by atoms with Crippen LogP contribution in [0.4, 0.5) is 10.2 Å². The summed E-state index contributed by atoms with van der Waals surface area (Å²) in [6.07, 6.45) is 4.84. The first kappa shape index (κ1) is 26.9. The van der Waals surface area contributed by atoms with E-state index in [0.29, 0.717) is 29.9 Å². The van der Waals surface area contributed by atoms with Gasteiger partial charge in [-0.05, 0) is 69.2 Å². The summed E-state index contributed by atoms with van der Waals surface area (Å²) in [6.45, 7) is 5.84. The van der Waals surface area contributed by atoms with E-state index in [1.807, 2.05) is 6.92 Å². The zero-order valence-corrected chi connectivity index (χ0v) is 21.3. The van der Waals surface area contributed by atoms with E-state index in [9.17, 15) is 9.65 Å². The second-order valence-electron chi connectivity index (χ2n) is 7.87. The van der Waals surface area contributed by atoms with Crippen LogP contribution in [0.2, 0.25) is 0 Å². The second kappa shape index (κ2) is 14.0. The summed E-state index contributed by atoms with van der Waals surface area (Å²) in [5, 5.41) is 20.5. The molecular formula is C23H33FIN7O. The number of rotatable bonds is 12. The molecule has 1 saturated carbocycles. The predicted molar refractivity (Wildman–Crippen MR) is 139 cm³/mol. The lowest BCUT2D eigenvalue weighted by molar-refractivity contribution is 0.123. The van der Waals surface area contributed by atoms with Gasteiger partial charge in [0.05, 0.1) is 11.4 Å². The average Bonchev–Trinajstić information content (AvgIpc) is 3.56. The van der Waals surface area contributed by atoms with Crippen molar-refractivity contribution >= 4 is 35.8 Å². The van der Waals surface area contributed by atoms with Crippen LogP contribution in [0.3, 0.4) is 0 Å². The topological polar surface area (TPSA) is 113 Å². The van der Waals surface area contributed by atoms with E-state index in [0.717, 1.165) is 51.0 Å². The number of nitriles is 1. The Bertz CT molecular complexity index is 936. The zero-order valence-electron chi connectivity index (χ0n) is 19.0. The molecule has 0 unspecified atom stereocenters. The summed E-state index contributed by atoms with van der Waals surface area (Å²) in [4.78, 5) is 4.60. The van der Waals surface area contributed by atoms with Gasteiger partial charge in [-0.15, -0.1) is 24.0 Å². The number of benzene rings is 1. The number of guanidine groups is 1. The van der Waals surface area contributed by atoms with Gasteiger partial charge in [-0.1, -0.05) is 0 Å². The minimum Gasteiger partial charge on any atom is -0.382 e. The van der Waals surface area contributed by atoms with Crippen molar-refractivity contribution in [2.75, 3.05) is 38.6 Å². The number of aryl methyl sites for hydroxylation is 1. The Hall–Kier alpha value is -2.39. The fraction of sp³-hybridized carbons (Fsp3) is 0.522. The third-order valence-electron chi connectivity index (χ3n) is 5.17. The number of halogens is 2. The number of aliphatic imine (C=N–C) groups is 1. The highest BCUT2D eigenvalue weighted by atomic mass is 127. The fourth-order valence-electron chi connectivity index (χ4n) is 3.25. The number of ether oxygens (including phenoxy) is 1. The molecule has 180 valence electrons. The Labute approximate surface area is 211 Å². The molecule has 0 atom stereocenters. The van der Waals surface area contributed by atoms with Gasteiger partial charge >= 0.3 is 0 Å². The second-order valence-corrected chi connectivity index (χ2v) is 7.87. The van der Waals surface area contributed by atoms with Crippen LogP contribution in [0, 0.1) is 23.1 Å². The minimum absolute atomic E-state index is 0. The van der Waals surface area contributed by atoms with Crippen LogP contribution in [0.15, 0.2) is 29.3 Å². The van der Waals surface area contributed by atoms with Crippen LogP contribution < -0.4 is 16.4 Å². The molecule has 3 rings (SSSR count). The zero-order chi connectivity index (χ0) is 22.8. The van der Waals surface area contributed by atoms with Crippen molar-refractivity contribution in [3.63, 3.8) is 0 Å². The molecular weight excluding hydrogens is 536 g/mol. The van der Waals surface area contributed by atoms with Crippen LogP contribution in [-0.2, 0) is 11.2 Å². The Kier molecular flexibility index (Phi) is 11.4. The number of hydrogen-bond donors (Lipinski definition) is 3. The van der Waals surface area contributed by atoms with Crippen molar-refractivity contribution in [2.45, 2.75) is 39.0 Å². The van der Waals surface area contributed by atoms with Gasteiger partial charge in [-0.2, -0.15) is 10.4 Å². The standard InChI is InChI=1S/C23H32FN7O.HI/c1-2-27-23(29-13-4-14-32-16-17-6-7-17)28-12-3-5-21-20(15-25)22(26)31(30-21)19-10-8-18(24)9-11-19;/h8-11,17H,2-7,12-14,16,26H2,1H3,(H2,27,28,29);1H. The van der Waals surface area contributed by atoms with E-state index in [1.165, 1.54) is 29.7 Å². The first-order chi connectivity index (χ1) is 15.6. The molecule has 33 heavy (non-hydrogen) atoms. The molecule has 2 aromatic rings. The third-order valence-corrected chi connectivity index (χ3v) is 5.17. The first-order valence-corrected chi connectivity index (χ1v) is 11.3. The quantitative estimate of drug-likeness (QED) is 0.156. The Balaban J connectivity index is 0.00000385. The van der Waals surface area contributed by atoms with E-state index in [1.54, 1.807) is 12.1 Å². The molecule has 0 aliphatic heterocycles. The summed E-state index contributed by atoms with van der Waals surface area (Å²) < 4.78 is 20.3. The maximum Gasteiger partial charge on any atom is 0.191 e. The maximum absolute atomic E-state index is 13.2. The molecule has 1 fully saturated rings. The van der Waals surface area contributed by atoms with Crippen molar-refractivity contribution in [2.24, 2.45) is 10.9 Å². The van der Waals surface area contributed by atoms with Crippen molar-refractivity contribution in [3.05, 3.63) is 41.3 Å². The summed E-state index contributed by atoms with van der Waals surface area (Å²) >= 11 is 0. The number of anilines is 1. The molecule has 0 saturated heterocycles. The van der Waals surface area contributed by atoms with Gasteiger partial charge in [-0.25, -0.2) is 9.07 Å². The Morgan fingerprint density at radius 2 is 2.06 bits per heavy atom. The molecule has 1 aromatic carbocycles. The molecule has 1 aromatic heterocycles. The van der Waals surface area contributed by atoms with Crippen LogP contribution in [0.25, 0.3) is 5.69 Å². The average molecular weight is 569 g/mol.